The van der Waals surface area contributed by atoms with E-state index >= 15 is 0 Å². The van der Waals surface area contributed by atoms with Gasteiger partial charge in [0.15, 0.2) is 0 Å². The van der Waals surface area contributed by atoms with Gasteiger partial charge in [0.05, 0.1) is 0 Å². The summed E-state index contributed by atoms with van der Waals surface area (Å²) in [7, 11) is 2.18. The first-order valence-corrected chi connectivity index (χ1v) is 8.23. The van der Waals surface area contributed by atoms with Gasteiger partial charge in [0, 0.05) is 31.4 Å². The predicted octanol–water partition coefficient (Wildman–Crippen LogP) is 4.01. The van der Waals surface area contributed by atoms with Gasteiger partial charge in [-0.1, -0.05) is 20.8 Å². The van der Waals surface area contributed by atoms with Crippen LogP contribution in [-0.2, 0) is 0 Å². The van der Waals surface area contributed by atoms with Crippen LogP contribution in [0.1, 0.15) is 58.4 Å². The molecular weight excluding hydrogens is 260 g/mol. The molecule has 4 nitrogen and oxygen atoms in total. The molecule has 0 saturated heterocycles. The van der Waals surface area contributed by atoms with E-state index < -0.39 is 0 Å². The molecule has 1 aliphatic rings. The number of hydrogen-bond donors (Lipinski definition) is 1. The molecule has 2 rings (SSSR count). The maximum Gasteiger partial charge on any atom is 0.224 e. The molecule has 1 aromatic rings. The molecule has 1 heterocycles. The van der Waals surface area contributed by atoms with Crippen LogP contribution in [0.3, 0.4) is 0 Å². The molecule has 0 unspecified atom stereocenters. The average molecular weight is 290 g/mol. The van der Waals surface area contributed by atoms with Gasteiger partial charge in [-0.25, -0.2) is 4.98 Å². The summed E-state index contributed by atoms with van der Waals surface area (Å²) >= 11 is 0. The molecule has 21 heavy (non-hydrogen) atoms. The minimum atomic E-state index is 0.506. The van der Waals surface area contributed by atoms with Crippen molar-refractivity contribution in [1.29, 1.82) is 0 Å². The van der Waals surface area contributed by atoms with Crippen molar-refractivity contribution in [2.75, 3.05) is 23.8 Å². The van der Waals surface area contributed by atoms with Gasteiger partial charge in [-0.2, -0.15) is 4.98 Å². The molecule has 1 aliphatic carbocycles. The highest BCUT2D eigenvalue weighted by molar-refractivity contribution is 5.49. The fraction of sp³-hybridized carbons (Fsp3) is 0.765. The van der Waals surface area contributed by atoms with E-state index in [0.717, 1.165) is 30.3 Å². The first kappa shape index (κ1) is 16.1. The van der Waals surface area contributed by atoms with Gasteiger partial charge >= 0.3 is 0 Å². The number of nitrogens with zero attached hydrogens (tertiary/aromatic N) is 3. The number of aromatic nitrogens is 2. The molecule has 0 aliphatic heterocycles. The highest BCUT2D eigenvalue weighted by Crippen LogP contribution is 2.37. The van der Waals surface area contributed by atoms with Crippen molar-refractivity contribution >= 4 is 11.8 Å². The summed E-state index contributed by atoms with van der Waals surface area (Å²) in [4.78, 5) is 11.5. The van der Waals surface area contributed by atoms with Crippen LogP contribution in [0.2, 0.25) is 0 Å². The second-order valence-electron chi connectivity index (χ2n) is 7.13. The zero-order chi connectivity index (χ0) is 15.5. The molecule has 1 fully saturated rings. The van der Waals surface area contributed by atoms with Gasteiger partial charge in [0.2, 0.25) is 5.95 Å². The van der Waals surface area contributed by atoms with Crippen molar-refractivity contribution in [2.24, 2.45) is 5.41 Å². The molecule has 0 bridgehead atoms. The maximum absolute atomic E-state index is 4.72. The maximum atomic E-state index is 4.72. The van der Waals surface area contributed by atoms with Crippen molar-refractivity contribution in [2.45, 2.75) is 65.8 Å². The van der Waals surface area contributed by atoms with Crippen molar-refractivity contribution in [1.82, 2.24) is 9.97 Å². The summed E-state index contributed by atoms with van der Waals surface area (Å²) in [6.07, 6.45) is 8.12. The summed E-state index contributed by atoms with van der Waals surface area (Å²) < 4.78 is 0. The molecule has 0 aromatic carbocycles. The Morgan fingerprint density at radius 3 is 2.62 bits per heavy atom. The average Bonchev–Trinajstić information content (AvgIpc) is 2.46. The van der Waals surface area contributed by atoms with Crippen molar-refractivity contribution in [3.8, 4) is 0 Å². The Morgan fingerprint density at radius 2 is 2.00 bits per heavy atom. The van der Waals surface area contributed by atoms with Crippen LogP contribution in [-0.4, -0.2) is 29.6 Å². The minimum absolute atomic E-state index is 0.506. The van der Waals surface area contributed by atoms with Crippen LogP contribution in [0.5, 0.6) is 0 Å². The number of hydrogen-bond acceptors (Lipinski definition) is 4. The van der Waals surface area contributed by atoms with Gasteiger partial charge in [-0.15, -0.1) is 0 Å². The van der Waals surface area contributed by atoms with Crippen LogP contribution in [0.4, 0.5) is 11.8 Å². The molecule has 1 saturated carbocycles. The standard InChI is InChI=1S/C17H30N4/c1-6-11-18-16-19-12-13(2)15(20-16)21(5)14-7-9-17(3,4)10-8-14/h12,14H,6-11H2,1-5H3,(H,18,19,20). The van der Waals surface area contributed by atoms with Crippen LogP contribution in [0.15, 0.2) is 6.20 Å². The number of anilines is 2. The lowest BCUT2D eigenvalue weighted by Gasteiger charge is -2.39. The predicted molar refractivity (Wildman–Crippen MR) is 90.0 cm³/mol. The molecule has 0 radical (unpaired) electrons. The first-order chi connectivity index (χ1) is 9.93. The molecule has 0 spiro atoms. The van der Waals surface area contributed by atoms with Gasteiger partial charge < -0.3 is 10.2 Å². The minimum Gasteiger partial charge on any atom is -0.356 e. The summed E-state index contributed by atoms with van der Waals surface area (Å²) in [5.41, 5.74) is 1.66. The number of rotatable bonds is 5. The monoisotopic (exact) mass is 290 g/mol. The highest BCUT2D eigenvalue weighted by atomic mass is 15.2. The van der Waals surface area contributed by atoms with Crippen LogP contribution >= 0.6 is 0 Å². The molecule has 4 heteroatoms. The van der Waals surface area contributed by atoms with Crippen molar-refractivity contribution in [3.63, 3.8) is 0 Å². The van der Waals surface area contributed by atoms with E-state index in [1.807, 2.05) is 6.20 Å². The van der Waals surface area contributed by atoms with Gasteiger partial charge in [0.1, 0.15) is 5.82 Å². The summed E-state index contributed by atoms with van der Waals surface area (Å²) in [5, 5.41) is 3.28. The molecular formula is C17H30N4. The second kappa shape index (κ2) is 6.63. The number of aryl methyl sites for hydroxylation is 1. The molecule has 1 aromatic heterocycles. The Balaban J connectivity index is 2.09. The lowest BCUT2D eigenvalue weighted by atomic mass is 9.75. The van der Waals surface area contributed by atoms with E-state index in [9.17, 15) is 0 Å². The Bertz CT molecular complexity index is 460. The van der Waals surface area contributed by atoms with E-state index in [1.54, 1.807) is 0 Å². The normalized spacial score (nSPS) is 18.5. The Hall–Kier alpha value is -1.32. The Labute approximate surface area is 129 Å². The quantitative estimate of drug-likeness (QED) is 0.889. The highest BCUT2D eigenvalue weighted by Gasteiger charge is 2.29. The molecule has 0 atom stereocenters. The first-order valence-electron chi connectivity index (χ1n) is 8.23. The van der Waals surface area contributed by atoms with Crippen LogP contribution in [0.25, 0.3) is 0 Å². The van der Waals surface area contributed by atoms with E-state index in [2.05, 4.69) is 49.9 Å². The topological polar surface area (TPSA) is 41.1 Å². The lowest BCUT2D eigenvalue weighted by molar-refractivity contribution is 0.222. The van der Waals surface area contributed by atoms with Crippen molar-refractivity contribution < 1.29 is 0 Å². The van der Waals surface area contributed by atoms with Gasteiger partial charge in [-0.3, -0.25) is 0 Å². The lowest BCUT2D eigenvalue weighted by Crippen LogP contribution is -2.38. The SMILES string of the molecule is CCCNc1ncc(C)c(N(C)C2CCC(C)(C)CC2)n1. The zero-order valence-corrected chi connectivity index (χ0v) is 14.2. The van der Waals surface area contributed by atoms with Crippen LogP contribution < -0.4 is 10.2 Å². The third-order valence-electron chi connectivity index (χ3n) is 4.67. The summed E-state index contributed by atoms with van der Waals surface area (Å²) in [6.45, 7) is 9.93. The molecule has 0 amide bonds. The second-order valence-corrected chi connectivity index (χ2v) is 7.13. The third kappa shape index (κ3) is 4.08. The largest absolute Gasteiger partial charge is 0.356 e. The van der Waals surface area contributed by atoms with Gasteiger partial charge in [0.25, 0.3) is 0 Å². The summed E-state index contributed by atoms with van der Waals surface area (Å²) in [5.74, 6) is 1.83. The zero-order valence-electron chi connectivity index (χ0n) is 14.2. The molecule has 118 valence electrons. The van der Waals surface area contributed by atoms with E-state index in [1.165, 1.54) is 25.7 Å². The Morgan fingerprint density at radius 1 is 1.33 bits per heavy atom. The fourth-order valence-corrected chi connectivity index (χ4v) is 3.06. The summed E-state index contributed by atoms with van der Waals surface area (Å²) in [6, 6.07) is 0.602. The fourth-order valence-electron chi connectivity index (χ4n) is 3.06. The Kier molecular flexibility index (Phi) is 5.07. The smallest absolute Gasteiger partial charge is 0.224 e. The van der Waals surface area contributed by atoms with Gasteiger partial charge in [-0.05, 0) is 44.4 Å². The number of nitrogens with one attached hydrogen (secondary N) is 1. The molecule has 1 N–H and O–H groups in total. The van der Waals surface area contributed by atoms with E-state index in [0.29, 0.717) is 11.5 Å². The van der Waals surface area contributed by atoms with Crippen molar-refractivity contribution in [3.05, 3.63) is 11.8 Å². The van der Waals surface area contributed by atoms with Crippen LogP contribution in [0, 0.1) is 12.3 Å². The van der Waals surface area contributed by atoms with E-state index in [-0.39, 0.29) is 0 Å². The van der Waals surface area contributed by atoms with E-state index in [4.69, 9.17) is 4.98 Å². The third-order valence-corrected chi connectivity index (χ3v) is 4.67.